The number of rotatable bonds is 5. The summed E-state index contributed by atoms with van der Waals surface area (Å²) in [6.07, 6.45) is 0. The smallest absolute Gasteiger partial charge is 0.0645 e. The largest absolute Gasteiger partial charge is 0.309 e. The zero-order chi connectivity index (χ0) is 59.1. The SMILES string of the molecule is [2H]c1c([2H])c([2H])c(-c2c([2H])c([2H])c(-c3c([2H])c([2H])c(-n4c5ccc6c(c7c([2H])c([2H])c([2H])c([2H])c7n6-c6c([2H])c([2H])c(-c7c([2H])c([2H])c([2H])c([2H])c7[2H])c([2H])c6[2H])c5c5c([2H])c([2H])c([2H])c([2H])c54)c([2H])c3[2H])c([2H])c2[2H])c([2H])c1[2H]. The Morgan fingerprint density at radius 2 is 0.580 bits per heavy atom. The zero-order valence-electron chi connectivity index (χ0n) is 55.0. The maximum absolute atomic E-state index is 9.51. The second-order valence-corrected chi connectivity index (χ2v) is 10.7. The highest BCUT2D eigenvalue weighted by atomic mass is 15.0. The molecule has 0 aliphatic heterocycles. The predicted molar refractivity (Wildman–Crippen MR) is 211 cm³/mol. The van der Waals surface area contributed by atoms with Crippen LogP contribution in [0.1, 0.15) is 41.1 Å². The van der Waals surface area contributed by atoms with Crippen LogP contribution in [-0.2, 0) is 0 Å². The summed E-state index contributed by atoms with van der Waals surface area (Å²) in [4.78, 5) is 0. The highest BCUT2D eigenvalue weighted by Crippen LogP contribution is 2.42. The Kier molecular flexibility index (Phi) is 2.64. The van der Waals surface area contributed by atoms with Crippen LogP contribution >= 0.6 is 0 Å². The summed E-state index contributed by atoms with van der Waals surface area (Å²) in [5.41, 5.74) is -7.35. The van der Waals surface area contributed by atoms with Crippen molar-refractivity contribution >= 4 is 43.6 Å². The number of benzene rings is 8. The molecular weight excluding hydrogens is 605 g/mol. The van der Waals surface area contributed by atoms with E-state index in [9.17, 15) is 16.4 Å². The lowest BCUT2D eigenvalue weighted by Gasteiger charge is -2.11. The Morgan fingerprint density at radius 3 is 0.960 bits per heavy atom. The van der Waals surface area contributed by atoms with Crippen LogP contribution in [0.3, 0.4) is 0 Å². The van der Waals surface area contributed by atoms with Crippen molar-refractivity contribution in [2.75, 3.05) is 0 Å². The van der Waals surface area contributed by atoms with Crippen LogP contribution in [0.5, 0.6) is 0 Å². The van der Waals surface area contributed by atoms with Crippen molar-refractivity contribution in [2.24, 2.45) is 0 Å². The molecule has 10 rings (SSSR count). The summed E-state index contributed by atoms with van der Waals surface area (Å²) in [6.45, 7) is 0. The fourth-order valence-electron chi connectivity index (χ4n) is 5.87. The van der Waals surface area contributed by atoms with Crippen molar-refractivity contribution < 1.29 is 41.1 Å². The van der Waals surface area contributed by atoms with Gasteiger partial charge < -0.3 is 9.13 Å². The zero-order valence-corrected chi connectivity index (χ0v) is 25.0. The van der Waals surface area contributed by atoms with Gasteiger partial charge in [-0.05, 0) is 81.8 Å². The molecule has 10 aromatic rings. The van der Waals surface area contributed by atoms with Gasteiger partial charge in [-0.3, -0.25) is 0 Å². The van der Waals surface area contributed by atoms with Crippen LogP contribution < -0.4 is 0 Å². The van der Waals surface area contributed by atoms with E-state index < -0.39 is 248 Å². The average Bonchev–Trinajstić information content (AvgIpc) is 4.13. The Balaban J connectivity index is 1.35. The minimum absolute atomic E-state index is 0.243. The van der Waals surface area contributed by atoms with Gasteiger partial charge in [-0.25, -0.2) is 0 Å². The number of nitrogens with zero attached hydrogens (tertiary/aromatic N) is 2. The summed E-state index contributed by atoms with van der Waals surface area (Å²) in [5, 5.41) is -1.41. The molecule has 0 spiro atoms. The Hall–Kier alpha value is -6.64. The quantitative estimate of drug-likeness (QED) is 0.173. The van der Waals surface area contributed by atoms with Crippen molar-refractivity contribution in [1.82, 2.24) is 9.13 Å². The van der Waals surface area contributed by atoms with E-state index >= 15 is 0 Å². The van der Waals surface area contributed by atoms with Crippen molar-refractivity contribution in [3.8, 4) is 44.8 Å². The second-order valence-electron chi connectivity index (χ2n) is 10.7. The molecule has 0 unspecified atom stereocenters. The maximum atomic E-state index is 9.51. The van der Waals surface area contributed by atoms with Gasteiger partial charge >= 0.3 is 0 Å². The first-order valence-electron chi connectivity index (χ1n) is 29.8. The fourth-order valence-corrected chi connectivity index (χ4v) is 5.87. The van der Waals surface area contributed by atoms with Gasteiger partial charge in [0, 0.05) is 32.9 Å². The molecular formula is C48H32N2. The Labute approximate surface area is 332 Å². The minimum Gasteiger partial charge on any atom is -0.309 e. The van der Waals surface area contributed by atoms with Gasteiger partial charge in [0.2, 0.25) is 0 Å². The Bertz CT molecular complexity index is 4450. The van der Waals surface area contributed by atoms with Gasteiger partial charge in [-0.2, -0.15) is 0 Å². The van der Waals surface area contributed by atoms with Crippen molar-refractivity contribution in [1.29, 1.82) is 0 Å². The molecule has 0 aliphatic rings. The highest BCUT2D eigenvalue weighted by Gasteiger charge is 2.20. The molecule has 0 saturated heterocycles. The lowest BCUT2D eigenvalue weighted by atomic mass is 10.0. The van der Waals surface area contributed by atoms with Gasteiger partial charge in [0.05, 0.1) is 63.2 Å². The van der Waals surface area contributed by atoms with Crippen LogP contribution in [0.2, 0.25) is 0 Å². The average molecular weight is 667 g/mol. The molecule has 0 saturated carbocycles. The van der Waals surface area contributed by atoms with E-state index in [1.165, 1.54) is 12.1 Å². The molecule has 2 aromatic heterocycles. The number of hydrogen-bond acceptors (Lipinski definition) is 0. The topological polar surface area (TPSA) is 9.86 Å². The van der Waals surface area contributed by atoms with E-state index in [2.05, 4.69) is 0 Å². The molecule has 234 valence electrons. The Morgan fingerprint density at radius 1 is 0.280 bits per heavy atom. The predicted octanol–water partition coefficient (Wildman–Crippen LogP) is 12.9. The lowest BCUT2D eigenvalue weighted by Crippen LogP contribution is -1.95. The highest BCUT2D eigenvalue weighted by molar-refractivity contribution is 6.28. The van der Waals surface area contributed by atoms with Crippen LogP contribution in [-0.4, -0.2) is 9.13 Å². The van der Waals surface area contributed by atoms with Crippen LogP contribution in [0.15, 0.2) is 193 Å². The molecule has 50 heavy (non-hydrogen) atoms. The third-order valence-corrected chi connectivity index (χ3v) is 7.97. The standard InChI is InChI=1S/C48H32N2/c1-3-11-33(12-4-1)35-19-21-36(22-20-35)38-25-29-40(30-26-38)50-44-18-10-8-16-42(44)48-46(50)32-31-45-47(48)41-15-7-9-17-43(41)49(45)39-27-23-37(24-28-39)34-13-5-2-6-14-34/h1-32H/i1D,2D,3D,4D,5D,6D,7D,8D,9D,10D,11D,12D,13D,14D,15D,16D,17D,18D,19D,20D,21D,22D,23D,24D,25D,26D,27D,28D,29D,30D. The molecule has 2 heteroatoms. The molecule has 0 bridgehead atoms. The molecule has 2 nitrogen and oxygen atoms in total. The van der Waals surface area contributed by atoms with Crippen molar-refractivity contribution in [3.05, 3.63) is 193 Å². The molecule has 8 aromatic carbocycles. The van der Waals surface area contributed by atoms with E-state index in [1.54, 1.807) is 0 Å². The van der Waals surface area contributed by atoms with E-state index in [0.717, 1.165) is 9.13 Å². The first kappa shape index (κ1) is 11.5. The van der Waals surface area contributed by atoms with Crippen LogP contribution in [0, 0.1) is 0 Å². The van der Waals surface area contributed by atoms with E-state index in [4.69, 9.17) is 24.7 Å². The summed E-state index contributed by atoms with van der Waals surface area (Å²) in [5.74, 6) is 0. The number of fused-ring (bicyclic) bond motifs is 7. The second kappa shape index (κ2) is 11.5. The summed E-state index contributed by atoms with van der Waals surface area (Å²) in [7, 11) is 0. The molecule has 0 fully saturated rings. The third kappa shape index (κ3) is 4.50. The van der Waals surface area contributed by atoms with Crippen molar-refractivity contribution in [3.63, 3.8) is 0 Å². The van der Waals surface area contributed by atoms with E-state index in [1.807, 2.05) is 0 Å². The number of hydrogen-bond donors (Lipinski definition) is 0. The first-order valence-corrected chi connectivity index (χ1v) is 14.8. The third-order valence-electron chi connectivity index (χ3n) is 7.97. The molecule has 0 amide bonds. The number of para-hydroxylation sites is 2. The molecule has 0 radical (unpaired) electrons. The normalized spacial score (nSPS) is 20.0. The minimum atomic E-state index is -1.02. The van der Waals surface area contributed by atoms with E-state index in [-0.39, 0.29) is 21.8 Å². The molecule has 0 N–H and O–H groups in total. The monoisotopic (exact) mass is 666 g/mol. The summed E-state index contributed by atoms with van der Waals surface area (Å²) in [6, 6.07) is -24.4. The maximum Gasteiger partial charge on any atom is 0.0645 e. The molecule has 0 aliphatic carbocycles. The van der Waals surface area contributed by atoms with Crippen molar-refractivity contribution in [2.45, 2.75) is 0 Å². The number of aromatic nitrogens is 2. The van der Waals surface area contributed by atoms with Gasteiger partial charge in [0.1, 0.15) is 0 Å². The van der Waals surface area contributed by atoms with E-state index in [0.29, 0.717) is 0 Å². The molecule has 2 heterocycles. The first-order chi connectivity index (χ1) is 37.3. The fraction of sp³-hybridized carbons (Fsp3) is 0. The van der Waals surface area contributed by atoms with Crippen LogP contribution in [0.4, 0.5) is 0 Å². The van der Waals surface area contributed by atoms with Gasteiger partial charge in [0.15, 0.2) is 0 Å². The summed E-state index contributed by atoms with van der Waals surface area (Å²) >= 11 is 0. The summed E-state index contributed by atoms with van der Waals surface area (Å²) < 4.78 is 268. The van der Waals surface area contributed by atoms with Gasteiger partial charge in [-0.1, -0.05) is 145 Å². The van der Waals surface area contributed by atoms with Crippen LogP contribution in [0.25, 0.3) is 88.4 Å². The van der Waals surface area contributed by atoms with Gasteiger partial charge in [-0.15, -0.1) is 0 Å². The van der Waals surface area contributed by atoms with Gasteiger partial charge in [0.25, 0.3) is 0 Å². The lowest BCUT2D eigenvalue weighted by molar-refractivity contribution is 1.17. The molecule has 0 atom stereocenters.